The zero-order valence-electron chi connectivity index (χ0n) is 13.5. The molecule has 0 aromatic carbocycles. The molecule has 1 unspecified atom stereocenters. The molecule has 0 radical (unpaired) electrons. The molecule has 0 spiro atoms. The number of ether oxygens (including phenoxy) is 1. The van der Waals surface area contributed by atoms with Crippen molar-refractivity contribution in [2.45, 2.75) is 84.4 Å². The van der Waals surface area contributed by atoms with Gasteiger partial charge in [0.15, 0.2) is 0 Å². The van der Waals surface area contributed by atoms with Gasteiger partial charge in [-0.2, -0.15) is 0 Å². The van der Waals surface area contributed by atoms with Crippen molar-refractivity contribution >= 4 is 11.9 Å². The van der Waals surface area contributed by atoms with Crippen LogP contribution in [0.2, 0.25) is 0 Å². The zero-order valence-corrected chi connectivity index (χ0v) is 13.5. The number of esters is 1. The van der Waals surface area contributed by atoms with Gasteiger partial charge in [-0.3, -0.25) is 9.59 Å². The third kappa shape index (κ3) is 3.51. The van der Waals surface area contributed by atoms with Gasteiger partial charge in [-0.25, -0.2) is 0 Å². The van der Waals surface area contributed by atoms with Gasteiger partial charge in [-0.1, -0.05) is 13.8 Å². The largest absolute Gasteiger partial charge is 0.462 e. The summed E-state index contributed by atoms with van der Waals surface area (Å²) in [6.07, 6.45) is 2.88. The first kappa shape index (κ1) is 17.0. The summed E-state index contributed by atoms with van der Waals surface area (Å²) in [5, 5.41) is 1.84. The normalized spacial score (nSPS) is 25.0. The maximum absolute atomic E-state index is 11.4. The number of hydroxylamine groups is 2. The minimum atomic E-state index is -0.365. The lowest BCUT2D eigenvalue weighted by atomic mass is 9.75. The molecular formula is C15H27NO4. The number of rotatable bonds is 4. The molecule has 20 heavy (non-hydrogen) atoms. The summed E-state index contributed by atoms with van der Waals surface area (Å²) < 4.78 is 5.43. The van der Waals surface area contributed by atoms with E-state index in [4.69, 9.17) is 9.57 Å². The first-order chi connectivity index (χ1) is 9.16. The van der Waals surface area contributed by atoms with Crippen molar-refractivity contribution in [3.63, 3.8) is 0 Å². The molecular weight excluding hydrogens is 258 g/mol. The van der Waals surface area contributed by atoms with Crippen LogP contribution in [0.3, 0.4) is 0 Å². The van der Waals surface area contributed by atoms with E-state index in [2.05, 4.69) is 13.8 Å². The molecule has 1 fully saturated rings. The van der Waals surface area contributed by atoms with Gasteiger partial charge in [0.1, 0.15) is 6.10 Å². The molecule has 0 bridgehead atoms. The fourth-order valence-corrected chi connectivity index (χ4v) is 3.35. The number of carbonyl (C=O) groups excluding carboxylic acids is 2. The molecule has 1 aliphatic rings. The molecule has 0 aromatic rings. The maximum Gasteiger partial charge on any atom is 0.322 e. The Kier molecular flexibility index (Phi) is 5.19. The number of carbonyl (C=O) groups is 2. The van der Waals surface area contributed by atoms with Crippen LogP contribution in [0.5, 0.6) is 0 Å². The smallest absolute Gasteiger partial charge is 0.322 e. The van der Waals surface area contributed by atoms with Crippen molar-refractivity contribution in [2.75, 3.05) is 0 Å². The quantitative estimate of drug-likeness (QED) is 0.743. The number of nitrogens with zero attached hydrogens (tertiary/aromatic N) is 1. The molecule has 1 saturated heterocycles. The molecule has 0 amide bonds. The van der Waals surface area contributed by atoms with E-state index in [1.165, 1.54) is 13.8 Å². The number of piperidine rings is 1. The van der Waals surface area contributed by atoms with Crippen molar-refractivity contribution < 1.29 is 19.2 Å². The van der Waals surface area contributed by atoms with E-state index >= 15 is 0 Å². The second-order valence-corrected chi connectivity index (χ2v) is 6.26. The van der Waals surface area contributed by atoms with Gasteiger partial charge in [0.25, 0.3) is 0 Å². The molecule has 0 aliphatic carbocycles. The van der Waals surface area contributed by atoms with Gasteiger partial charge in [0.05, 0.1) is 11.1 Å². The van der Waals surface area contributed by atoms with Crippen LogP contribution in [0.15, 0.2) is 0 Å². The predicted octanol–water partition coefficient (Wildman–Crippen LogP) is 2.83. The lowest BCUT2D eigenvalue weighted by Gasteiger charge is -2.54. The minimum absolute atomic E-state index is 0.130. The van der Waals surface area contributed by atoms with Crippen molar-refractivity contribution in [1.29, 1.82) is 0 Å². The van der Waals surface area contributed by atoms with Crippen LogP contribution in [0.1, 0.15) is 67.2 Å². The van der Waals surface area contributed by atoms with Crippen LogP contribution in [-0.2, 0) is 19.2 Å². The second kappa shape index (κ2) is 6.12. The average Bonchev–Trinajstić information content (AvgIpc) is 2.30. The molecule has 0 N–H and O–H groups in total. The first-order valence-electron chi connectivity index (χ1n) is 7.33. The van der Waals surface area contributed by atoms with E-state index in [1.54, 1.807) is 0 Å². The first-order valence-corrected chi connectivity index (χ1v) is 7.33. The molecule has 116 valence electrons. The molecule has 1 atom stereocenters. The van der Waals surface area contributed by atoms with Crippen LogP contribution in [-0.4, -0.2) is 34.2 Å². The van der Waals surface area contributed by atoms with Crippen LogP contribution in [0.4, 0.5) is 0 Å². The van der Waals surface area contributed by atoms with Crippen LogP contribution < -0.4 is 0 Å². The highest BCUT2D eigenvalue weighted by Crippen LogP contribution is 2.43. The monoisotopic (exact) mass is 285 g/mol. The zero-order chi connectivity index (χ0) is 15.6. The minimum Gasteiger partial charge on any atom is -0.462 e. The van der Waals surface area contributed by atoms with E-state index in [0.717, 1.165) is 12.8 Å². The maximum atomic E-state index is 11.4. The van der Waals surface area contributed by atoms with Crippen molar-refractivity contribution in [3.8, 4) is 0 Å². The average molecular weight is 285 g/mol. The van der Waals surface area contributed by atoms with E-state index in [-0.39, 0.29) is 29.1 Å². The van der Waals surface area contributed by atoms with Crippen molar-refractivity contribution in [1.82, 2.24) is 5.06 Å². The van der Waals surface area contributed by atoms with E-state index < -0.39 is 0 Å². The third-order valence-electron chi connectivity index (χ3n) is 4.18. The SMILES string of the molecule is CCC1(CC)CC(OC(C)=O)CC(C)(C)N1OC(C)=O. The van der Waals surface area contributed by atoms with Crippen LogP contribution >= 0.6 is 0 Å². The van der Waals surface area contributed by atoms with E-state index in [9.17, 15) is 9.59 Å². The van der Waals surface area contributed by atoms with Crippen molar-refractivity contribution in [2.24, 2.45) is 0 Å². The molecule has 1 aliphatic heterocycles. The van der Waals surface area contributed by atoms with Crippen LogP contribution in [0.25, 0.3) is 0 Å². The lowest BCUT2D eigenvalue weighted by molar-refractivity contribution is -0.285. The summed E-state index contributed by atoms with van der Waals surface area (Å²) in [7, 11) is 0. The Balaban J connectivity index is 3.09. The molecule has 1 heterocycles. The van der Waals surface area contributed by atoms with Crippen LogP contribution in [0, 0.1) is 0 Å². The standard InChI is InChI=1S/C15H27NO4/c1-7-15(8-2)10-13(19-11(3)17)9-14(5,6)16(15)20-12(4)18/h13H,7-10H2,1-6H3. The Labute approximate surface area is 121 Å². The molecule has 0 aromatic heterocycles. The van der Waals surface area contributed by atoms with Gasteiger partial charge in [0.2, 0.25) is 0 Å². The van der Waals surface area contributed by atoms with Gasteiger partial charge in [-0.15, -0.1) is 5.06 Å². The Bertz CT molecular complexity index is 374. The Morgan fingerprint density at radius 1 is 1.10 bits per heavy atom. The fraction of sp³-hybridized carbons (Fsp3) is 0.867. The topological polar surface area (TPSA) is 55.8 Å². The summed E-state index contributed by atoms with van der Waals surface area (Å²) in [6, 6.07) is 0. The Hall–Kier alpha value is -1.10. The summed E-state index contributed by atoms with van der Waals surface area (Å²) in [6.45, 7) is 11.0. The summed E-state index contributed by atoms with van der Waals surface area (Å²) >= 11 is 0. The molecule has 0 saturated carbocycles. The fourth-order valence-electron chi connectivity index (χ4n) is 3.35. The summed E-state index contributed by atoms with van der Waals surface area (Å²) in [4.78, 5) is 28.2. The summed E-state index contributed by atoms with van der Waals surface area (Å²) in [5.41, 5.74) is -0.649. The Morgan fingerprint density at radius 3 is 2.05 bits per heavy atom. The van der Waals surface area contributed by atoms with Crippen molar-refractivity contribution in [3.05, 3.63) is 0 Å². The van der Waals surface area contributed by atoms with E-state index in [0.29, 0.717) is 12.8 Å². The Morgan fingerprint density at radius 2 is 1.65 bits per heavy atom. The third-order valence-corrected chi connectivity index (χ3v) is 4.18. The predicted molar refractivity (Wildman–Crippen MR) is 75.8 cm³/mol. The highest BCUT2D eigenvalue weighted by molar-refractivity contribution is 5.66. The molecule has 5 heteroatoms. The highest BCUT2D eigenvalue weighted by atomic mass is 16.7. The second-order valence-electron chi connectivity index (χ2n) is 6.26. The van der Waals surface area contributed by atoms with Gasteiger partial charge in [0, 0.05) is 26.7 Å². The highest BCUT2D eigenvalue weighted by Gasteiger charge is 2.52. The number of hydrogen-bond donors (Lipinski definition) is 0. The van der Waals surface area contributed by atoms with E-state index in [1.807, 2.05) is 18.9 Å². The summed E-state index contributed by atoms with van der Waals surface area (Å²) in [5.74, 6) is -0.567. The van der Waals surface area contributed by atoms with Gasteiger partial charge < -0.3 is 9.57 Å². The van der Waals surface area contributed by atoms with Gasteiger partial charge in [-0.05, 0) is 26.7 Å². The molecule has 1 rings (SSSR count). The number of hydrogen-bond acceptors (Lipinski definition) is 5. The molecule has 5 nitrogen and oxygen atoms in total. The van der Waals surface area contributed by atoms with Gasteiger partial charge >= 0.3 is 11.9 Å². The lowest BCUT2D eigenvalue weighted by Crippen LogP contribution is -2.64.